The van der Waals surface area contributed by atoms with Gasteiger partial charge >= 0.3 is 0 Å². The molecule has 2 N–H and O–H groups in total. The van der Waals surface area contributed by atoms with Gasteiger partial charge in [0.1, 0.15) is 0 Å². The largest absolute Gasteiger partial charge is 0.324 e. The van der Waals surface area contributed by atoms with Gasteiger partial charge in [-0.2, -0.15) is 0 Å². The van der Waals surface area contributed by atoms with Gasteiger partial charge in [0, 0.05) is 26.8 Å². The van der Waals surface area contributed by atoms with E-state index in [-0.39, 0.29) is 6.04 Å². The lowest BCUT2D eigenvalue weighted by atomic mass is 10.1. The molecule has 0 spiro atoms. The summed E-state index contributed by atoms with van der Waals surface area (Å²) in [6.07, 6.45) is 0. The van der Waals surface area contributed by atoms with E-state index in [1.54, 1.807) is 11.8 Å². The second-order valence-corrected chi connectivity index (χ2v) is 6.75. The Kier molecular flexibility index (Phi) is 4.83. The van der Waals surface area contributed by atoms with Gasteiger partial charge in [-0.3, -0.25) is 0 Å². The summed E-state index contributed by atoms with van der Waals surface area (Å²) in [6.45, 7) is 8.06. The molecule has 0 fully saturated rings. The van der Waals surface area contributed by atoms with Gasteiger partial charge < -0.3 is 5.73 Å². The molecule has 1 atom stereocenters. The predicted molar refractivity (Wildman–Crippen MR) is 87.1 cm³/mol. The van der Waals surface area contributed by atoms with Crippen molar-refractivity contribution in [2.75, 3.05) is 0 Å². The monoisotopic (exact) mass is 351 g/mol. The highest BCUT2D eigenvalue weighted by atomic mass is 79.9. The number of benzene rings is 1. The highest BCUT2D eigenvalue weighted by molar-refractivity contribution is 9.10. The highest BCUT2D eigenvalue weighted by Gasteiger charge is 2.10. The Morgan fingerprint density at radius 3 is 2.25 bits per heavy atom. The number of halogens is 1. The van der Waals surface area contributed by atoms with Gasteiger partial charge in [-0.1, -0.05) is 6.07 Å². The normalized spacial score (nSPS) is 12.5. The van der Waals surface area contributed by atoms with Crippen molar-refractivity contribution >= 4 is 27.7 Å². The molecule has 0 amide bonds. The summed E-state index contributed by atoms with van der Waals surface area (Å²) >= 11 is 5.15. The summed E-state index contributed by atoms with van der Waals surface area (Å²) in [7, 11) is 0. The van der Waals surface area contributed by atoms with E-state index in [4.69, 9.17) is 5.73 Å². The molecule has 3 nitrogen and oxygen atoms in total. The van der Waals surface area contributed by atoms with E-state index < -0.39 is 0 Å². The van der Waals surface area contributed by atoms with Crippen LogP contribution in [-0.2, 0) is 0 Å². The van der Waals surface area contributed by atoms with Crippen molar-refractivity contribution in [1.82, 2.24) is 9.97 Å². The van der Waals surface area contributed by atoms with Crippen molar-refractivity contribution < 1.29 is 0 Å². The number of rotatable bonds is 3. The molecule has 1 aromatic heterocycles. The molecule has 106 valence electrons. The molecule has 2 rings (SSSR count). The number of nitrogens with zero attached hydrogens (tertiary/aromatic N) is 2. The van der Waals surface area contributed by atoms with Crippen molar-refractivity contribution in [2.24, 2.45) is 5.73 Å². The number of hydrogen-bond acceptors (Lipinski definition) is 4. The molecule has 0 saturated heterocycles. The molecule has 5 heteroatoms. The van der Waals surface area contributed by atoms with E-state index in [0.29, 0.717) is 0 Å². The van der Waals surface area contributed by atoms with Crippen molar-refractivity contribution in [3.63, 3.8) is 0 Å². The number of nitrogens with two attached hydrogens (primary N) is 1. The Morgan fingerprint density at radius 2 is 1.75 bits per heavy atom. The van der Waals surface area contributed by atoms with Crippen molar-refractivity contribution in [1.29, 1.82) is 0 Å². The average molecular weight is 352 g/mol. The molecule has 0 unspecified atom stereocenters. The molecule has 2 aromatic rings. The summed E-state index contributed by atoms with van der Waals surface area (Å²) in [4.78, 5) is 10.2. The van der Waals surface area contributed by atoms with Gasteiger partial charge in [0.15, 0.2) is 5.16 Å². The third kappa shape index (κ3) is 3.40. The highest BCUT2D eigenvalue weighted by Crippen LogP contribution is 2.33. The van der Waals surface area contributed by atoms with E-state index in [1.807, 2.05) is 33.8 Å². The molecule has 0 saturated carbocycles. The minimum Gasteiger partial charge on any atom is -0.324 e. The minimum absolute atomic E-state index is 0.0328. The Morgan fingerprint density at radius 1 is 1.15 bits per heavy atom. The van der Waals surface area contributed by atoms with Crippen molar-refractivity contribution in [3.05, 3.63) is 45.2 Å². The molecule has 0 aliphatic carbocycles. The van der Waals surface area contributed by atoms with Crippen LogP contribution in [0.25, 0.3) is 0 Å². The zero-order chi connectivity index (χ0) is 14.9. The van der Waals surface area contributed by atoms with Crippen molar-refractivity contribution in [3.8, 4) is 0 Å². The van der Waals surface area contributed by atoms with E-state index in [2.05, 4.69) is 38.0 Å². The fourth-order valence-corrected chi connectivity index (χ4v) is 3.26. The third-order valence-corrected chi connectivity index (χ3v) is 5.15. The lowest BCUT2D eigenvalue weighted by Crippen LogP contribution is -2.04. The Bertz CT molecular complexity index is 618. The van der Waals surface area contributed by atoms with E-state index in [9.17, 15) is 0 Å². The van der Waals surface area contributed by atoms with Crippen molar-refractivity contribution in [2.45, 2.75) is 43.8 Å². The van der Waals surface area contributed by atoms with E-state index in [1.165, 1.54) is 0 Å². The lowest BCUT2D eigenvalue weighted by molar-refractivity contribution is 0.815. The molecule has 0 aliphatic rings. The zero-order valence-electron chi connectivity index (χ0n) is 12.1. The number of aryl methyl sites for hydroxylation is 2. The SMILES string of the molecule is Cc1nc(Sc2ccc([C@H](C)N)cc2Br)nc(C)c1C. The molecule has 0 radical (unpaired) electrons. The second-order valence-electron chi connectivity index (χ2n) is 4.88. The lowest BCUT2D eigenvalue weighted by Gasteiger charge is -2.10. The van der Waals surface area contributed by atoms with Crippen LogP contribution < -0.4 is 5.73 Å². The molecular formula is C15H18BrN3S. The van der Waals surface area contributed by atoms with E-state index in [0.717, 1.165) is 37.0 Å². The van der Waals surface area contributed by atoms with Crippen LogP contribution in [0.5, 0.6) is 0 Å². The number of aromatic nitrogens is 2. The van der Waals surface area contributed by atoms with Gasteiger partial charge in [-0.25, -0.2) is 9.97 Å². The van der Waals surface area contributed by atoms with Crippen LogP contribution in [0, 0.1) is 20.8 Å². The molecule has 0 aliphatic heterocycles. The first-order valence-electron chi connectivity index (χ1n) is 6.43. The van der Waals surface area contributed by atoms with Crippen LogP contribution >= 0.6 is 27.7 Å². The first-order valence-corrected chi connectivity index (χ1v) is 8.04. The van der Waals surface area contributed by atoms with Gasteiger partial charge in [0.2, 0.25) is 0 Å². The molecular weight excluding hydrogens is 334 g/mol. The second kappa shape index (κ2) is 6.24. The standard InChI is InChI=1S/C15H18BrN3S/c1-8-10(3)18-15(19-11(8)4)20-14-6-5-12(9(2)17)7-13(14)16/h5-7,9H,17H2,1-4H3/t9-/m0/s1. The fourth-order valence-electron chi connectivity index (χ4n) is 1.77. The van der Waals surface area contributed by atoms with Gasteiger partial charge in [0.05, 0.1) is 0 Å². The van der Waals surface area contributed by atoms with E-state index >= 15 is 0 Å². The fraction of sp³-hybridized carbons (Fsp3) is 0.333. The van der Waals surface area contributed by atoms with Crippen LogP contribution in [0.4, 0.5) is 0 Å². The molecule has 20 heavy (non-hydrogen) atoms. The first-order chi connectivity index (χ1) is 9.38. The topological polar surface area (TPSA) is 51.8 Å². The number of hydrogen-bond donors (Lipinski definition) is 1. The summed E-state index contributed by atoms with van der Waals surface area (Å²) in [5.41, 5.74) is 10.2. The zero-order valence-corrected chi connectivity index (χ0v) is 14.5. The quantitative estimate of drug-likeness (QED) is 0.835. The predicted octanol–water partition coefficient (Wildman–Crippen LogP) is 4.34. The average Bonchev–Trinajstić information content (AvgIpc) is 2.38. The summed E-state index contributed by atoms with van der Waals surface area (Å²) < 4.78 is 1.02. The van der Waals surface area contributed by atoms with Gasteiger partial charge in [-0.05, 0) is 78.6 Å². The Balaban J connectivity index is 2.31. The molecule has 1 heterocycles. The minimum atomic E-state index is 0.0328. The molecule has 0 bridgehead atoms. The summed E-state index contributed by atoms with van der Waals surface area (Å²) in [6, 6.07) is 6.19. The maximum atomic E-state index is 5.89. The Hall–Kier alpha value is -0.910. The van der Waals surface area contributed by atoms with Gasteiger partial charge in [0.25, 0.3) is 0 Å². The summed E-state index contributed by atoms with van der Waals surface area (Å²) in [5.74, 6) is 0. The Labute approximate surface area is 132 Å². The maximum Gasteiger partial charge on any atom is 0.192 e. The van der Waals surface area contributed by atoms with Crippen LogP contribution in [-0.4, -0.2) is 9.97 Å². The first kappa shape index (κ1) is 15.5. The van der Waals surface area contributed by atoms with Crippen LogP contribution in [0.1, 0.15) is 35.5 Å². The van der Waals surface area contributed by atoms with Gasteiger partial charge in [-0.15, -0.1) is 0 Å². The van der Waals surface area contributed by atoms with Crippen LogP contribution in [0.15, 0.2) is 32.7 Å². The summed E-state index contributed by atoms with van der Waals surface area (Å²) in [5, 5.41) is 0.778. The smallest absolute Gasteiger partial charge is 0.192 e. The van der Waals surface area contributed by atoms with Crippen LogP contribution in [0.2, 0.25) is 0 Å². The maximum absolute atomic E-state index is 5.89. The molecule has 1 aromatic carbocycles. The third-order valence-electron chi connectivity index (χ3n) is 3.30. The van der Waals surface area contributed by atoms with Crippen LogP contribution in [0.3, 0.4) is 0 Å².